The highest BCUT2D eigenvalue weighted by molar-refractivity contribution is 5.98. The predicted molar refractivity (Wildman–Crippen MR) is 108 cm³/mol. The standard InChI is InChI=1S/C20H24N4O5/c1-28-19-10-17(21)18(24(26)27)9-16(19)20(25)22-11-15-13-23(7-8-29-15)12-14-5-3-2-4-6-14/h2-6,9-10,15H,7-8,11-13,21H2,1H3,(H,22,25). The van der Waals surface area contributed by atoms with Crippen LogP contribution in [-0.2, 0) is 11.3 Å². The molecule has 0 aliphatic carbocycles. The Kier molecular flexibility index (Phi) is 6.63. The average Bonchev–Trinajstić information content (AvgIpc) is 2.72. The lowest BCUT2D eigenvalue weighted by atomic mass is 10.1. The van der Waals surface area contributed by atoms with E-state index in [1.54, 1.807) is 0 Å². The van der Waals surface area contributed by atoms with Gasteiger partial charge in [-0.05, 0) is 5.56 Å². The SMILES string of the molecule is COc1cc(N)c([N+](=O)[O-])cc1C(=O)NCC1CN(Cc2ccccc2)CCO1. The number of rotatable bonds is 7. The van der Waals surface area contributed by atoms with Crippen molar-refractivity contribution in [1.29, 1.82) is 0 Å². The second-order valence-electron chi connectivity index (χ2n) is 6.79. The summed E-state index contributed by atoms with van der Waals surface area (Å²) in [6.07, 6.45) is -0.175. The molecular weight excluding hydrogens is 376 g/mol. The monoisotopic (exact) mass is 400 g/mol. The van der Waals surface area contributed by atoms with Crippen molar-refractivity contribution in [3.8, 4) is 5.75 Å². The number of amides is 1. The molecule has 29 heavy (non-hydrogen) atoms. The van der Waals surface area contributed by atoms with Crippen molar-refractivity contribution in [3.63, 3.8) is 0 Å². The van der Waals surface area contributed by atoms with Gasteiger partial charge in [0.05, 0.1) is 30.3 Å². The van der Waals surface area contributed by atoms with Crippen LogP contribution in [0.4, 0.5) is 11.4 Å². The lowest BCUT2D eigenvalue weighted by Gasteiger charge is -2.33. The summed E-state index contributed by atoms with van der Waals surface area (Å²) in [5.74, 6) is -0.297. The van der Waals surface area contributed by atoms with Crippen molar-refractivity contribution in [2.24, 2.45) is 0 Å². The summed E-state index contributed by atoms with van der Waals surface area (Å²) in [6, 6.07) is 12.6. The van der Waals surface area contributed by atoms with Gasteiger partial charge in [0, 0.05) is 38.3 Å². The molecule has 0 bridgehead atoms. The minimum absolute atomic E-state index is 0.0597. The highest BCUT2D eigenvalue weighted by atomic mass is 16.6. The summed E-state index contributed by atoms with van der Waals surface area (Å²) < 4.78 is 10.9. The van der Waals surface area contributed by atoms with Crippen molar-refractivity contribution in [2.45, 2.75) is 12.6 Å². The van der Waals surface area contributed by atoms with E-state index in [9.17, 15) is 14.9 Å². The summed E-state index contributed by atoms with van der Waals surface area (Å²) >= 11 is 0. The van der Waals surface area contributed by atoms with Crippen LogP contribution in [0.5, 0.6) is 5.75 Å². The predicted octanol–water partition coefficient (Wildman–Crippen LogP) is 1.82. The Balaban J connectivity index is 1.61. The number of carbonyl (C=O) groups is 1. The normalized spacial score (nSPS) is 16.9. The number of nitro benzene ring substituents is 1. The van der Waals surface area contributed by atoms with Crippen LogP contribution in [0.1, 0.15) is 15.9 Å². The number of nitrogen functional groups attached to an aromatic ring is 1. The maximum atomic E-state index is 12.6. The van der Waals surface area contributed by atoms with Gasteiger partial charge >= 0.3 is 0 Å². The van der Waals surface area contributed by atoms with E-state index in [1.807, 2.05) is 18.2 Å². The smallest absolute Gasteiger partial charge is 0.293 e. The molecule has 9 heteroatoms. The number of nitrogens with two attached hydrogens (primary N) is 1. The minimum Gasteiger partial charge on any atom is -0.496 e. The van der Waals surface area contributed by atoms with Gasteiger partial charge in [0.2, 0.25) is 0 Å². The zero-order valence-corrected chi connectivity index (χ0v) is 16.2. The van der Waals surface area contributed by atoms with E-state index >= 15 is 0 Å². The third-order valence-electron chi connectivity index (χ3n) is 4.75. The van der Waals surface area contributed by atoms with Crippen LogP contribution < -0.4 is 15.8 Å². The Bertz CT molecular complexity index is 875. The number of nitro groups is 1. The fourth-order valence-corrected chi connectivity index (χ4v) is 3.28. The van der Waals surface area contributed by atoms with Crippen molar-refractivity contribution < 1.29 is 19.2 Å². The van der Waals surface area contributed by atoms with Crippen LogP contribution in [0.3, 0.4) is 0 Å². The van der Waals surface area contributed by atoms with Gasteiger partial charge in [-0.15, -0.1) is 0 Å². The maximum Gasteiger partial charge on any atom is 0.293 e. The lowest BCUT2D eigenvalue weighted by molar-refractivity contribution is -0.383. The number of morpholine rings is 1. The van der Waals surface area contributed by atoms with Crippen molar-refractivity contribution in [2.75, 3.05) is 39.1 Å². The second kappa shape index (κ2) is 9.35. The van der Waals surface area contributed by atoms with Gasteiger partial charge in [-0.3, -0.25) is 19.8 Å². The number of ether oxygens (including phenoxy) is 2. The molecule has 1 amide bonds. The molecule has 1 aliphatic rings. The number of methoxy groups -OCH3 is 1. The molecule has 1 unspecified atom stereocenters. The van der Waals surface area contributed by atoms with E-state index in [4.69, 9.17) is 15.2 Å². The molecule has 2 aromatic carbocycles. The first-order valence-corrected chi connectivity index (χ1v) is 9.26. The molecule has 0 radical (unpaired) electrons. The van der Waals surface area contributed by atoms with E-state index < -0.39 is 10.8 Å². The van der Waals surface area contributed by atoms with Crippen LogP contribution in [-0.4, -0.2) is 55.2 Å². The van der Waals surface area contributed by atoms with Crippen molar-refractivity contribution in [1.82, 2.24) is 10.2 Å². The summed E-state index contributed by atoms with van der Waals surface area (Å²) in [7, 11) is 1.38. The van der Waals surface area contributed by atoms with Gasteiger partial charge in [-0.2, -0.15) is 0 Å². The van der Waals surface area contributed by atoms with Crippen molar-refractivity contribution >= 4 is 17.3 Å². The second-order valence-corrected chi connectivity index (χ2v) is 6.79. The fraction of sp³-hybridized carbons (Fsp3) is 0.350. The fourth-order valence-electron chi connectivity index (χ4n) is 3.28. The largest absolute Gasteiger partial charge is 0.496 e. The lowest BCUT2D eigenvalue weighted by Crippen LogP contribution is -2.47. The molecule has 1 aliphatic heterocycles. The molecule has 3 rings (SSSR count). The number of hydrogen-bond acceptors (Lipinski definition) is 7. The Morgan fingerprint density at radius 1 is 1.38 bits per heavy atom. The minimum atomic E-state index is -0.628. The quantitative estimate of drug-likeness (QED) is 0.413. The number of nitrogens with zero attached hydrogens (tertiary/aromatic N) is 2. The molecule has 9 nitrogen and oxygen atoms in total. The Morgan fingerprint density at radius 2 is 2.14 bits per heavy atom. The number of hydrogen-bond donors (Lipinski definition) is 2. The average molecular weight is 400 g/mol. The summed E-state index contributed by atoms with van der Waals surface area (Å²) in [5.41, 5.74) is 6.54. The van der Waals surface area contributed by atoms with Crippen LogP contribution in [0.25, 0.3) is 0 Å². The zero-order chi connectivity index (χ0) is 20.8. The van der Waals surface area contributed by atoms with Gasteiger partial charge in [0.1, 0.15) is 11.4 Å². The summed E-state index contributed by atoms with van der Waals surface area (Å²) in [5, 5.41) is 13.9. The third kappa shape index (κ3) is 5.21. The molecule has 1 saturated heterocycles. The molecule has 1 atom stereocenters. The molecule has 0 saturated carbocycles. The molecule has 3 N–H and O–H groups in total. The molecular formula is C20H24N4O5. The van der Waals surface area contributed by atoms with Crippen LogP contribution in [0.15, 0.2) is 42.5 Å². The number of carbonyl (C=O) groups excluding carboxylic acids is 1. The van der Waals surface area contributed by atoms with Crippen LogP contribution >= 0.6 is 0 Å². The highest BCUT2D eigenvalue weighted by Gasteiger charge is 2.24. The van der Waals surface area contributed by atoms with Crippen molar-refractivity contribution in [3.05, 3.63) is 63.7 Å². The molecule has 0 aromatic heterocycles. The molecule has 0 spiro atoms. The van der Waals surface area contributed by atoms with E-state index in [0.717, 1.165) is 19.2 Å². The molecule has 154 valence electrons. The van der Waals surface area contributed by atoms with Gasteiger partial charge in [0.15, 0.2) is 0 Å². The van der Waals surface area contributed by atoms with Gasteiger partial charge in [-0.1, -0.05) is 30.3 Å². The number of benzene rings is 2. The Labute approximate surface area is 168 Å². The molecule has 2 aromatic rings. The van der Waals surface area contributed by atoms with Gasteiger partial charge in [0.25, 0.3) is 11.6 Å². The molecule has 1 heterocycles. The summed E-state index contributed by atoms with van der Waals surface area (Å²) in [4.78, 5) is 25.4. The first kappa shape index (κ1) is 20.6. The first-order chi connectivity index (χ1) is 14.0. The summed E-state index contributed by atoms with van der Waals surface area (Å²) in [6.45, 7) is 3.16. The third-order valence-corrected chi connectivity index (χ3v) is 4.75. The highest BCUT2D eigenvalue weighted by Crippen LogP contribution is 2.30. The number of anilines is 1. The van der Waals surface area contributed by atoms with E-state index in [-0.39, 0.29) is 35.3 Å². The first-order valence-electron chi connectivity index (χ1n) is 9.26. The topological polar surface area (TPSA) is 120 Å². The van der Waals surface area contributed by atoms with Crippen LogP contribution in [0.2, 0.25) is 0 Å². The number of nitrogens with one attached hydrogen (secondary N) is 1. The zero-order valence-electron chi connectivity index (χ0n) is 16.2. The Hall–Kier alpha value is -3.17. The van der Waals surface area contributed by atoms with E-state index in [0.29, 0.717) is 13.2 Å². The maximum absolute atomic E-state index is 12.6. The molecule has 1 fully saturated rings. The van der Waals surface area contributed by atoms with E-state index in [1.165, 1.54) is 18.7 Å². The van der Waals surface area contributed by atoms with Gasteiger partial charge in [-0.25, -0.2) is 0 Å². The Morgan fingerprint density at radius 3 is 2.83 bits per heavy atom. The van der Waals surface area contributed by atoms with Gasteiger partial charge < -0.3 is 20.5 Å². The van der Waals surface area contributed by atoms with Crippen LogP contribution in [0, 0.1) is 10.1 Å². The van der Waals surface area contributed by atoms with E-state index in [2.05, 4.69) is 22.3 Å².